The van der Waals surface area contributed by atoms with Crippen LogP contribution in [-0.4, -0.2) is 17.7 Å². The number of carbonyl (C=O) groups is 2. The van der Waals surface area contributed by atoms with Crippen molar-refractivity contribution in [3.8, 4) is 0 Å². The molecular weight excluding hydrogens is 257 g/mol. The van der Waals surface area contributed by atoms with Crippen molar-refractivity contribution in [3.63, 3.8) is 0 Å². The predicted molar refractivity (Wildman–Crippen MR) is 66.1 cm³/mol. The lowest BCUT2D eigenvalue weighted by molar-refractivity contribution is -0.120. The first kappa shape index (κ1) is 13.0. The molecule has 1 N–H and O–H groups in total. The highest BCUT2D eigenvalue weighted by Gasteiger charge is 2.22. The molecule has 1 fully saturated rings. The van der Waals surface area contributed by atoms with Gasteiger partial charge in [-0.1, -0.05) is 11.6 Å². The Morgan fingerprint density at radius 1 is 1.33 bits per heavy atom. The van der Waals surface area contributed by atoms with Gasteiger partial charge in [0.25, 0.3) is 5.91 Å². The first-order chi connectivity index (χ1) is 8.56. The molecule has 0 saturated heterocycles. The van der Waals surface area contributed by atoms with Gasteiger partial charge >= 0.3 is 0 Å². The summed E-state index contributed by atoms with van der Waals surface area (Å²) in [7, 11) is 0. The number of nitrogens with one attached hydrogen (secondary N) is 1. The quantitative estimate of drug-likeness (QED) is 0.897. The predicted octanol–water partition coefficient (Wildman–Crippen LogP) is 2.72. The fourth-order valence-corrected chi connectivity index (χ4v) is 2.19. The van der Waals surface area contributed by atoms with E-state index in [1.54, 1.807) is 0 Å². The number of ketones is 1. The van der Waals surface area contributed by atoms with Crippen LogP contribution in [-0.2, 0) is 4.79 Å². The van der Waals surface area contributed by atoms with E-state index in [2.05, 4.69) is 5.32 Å². The van der Waals surface area contributed by atoms with E-state index < -0.39 is 11.7 Å². The Morgan fingerprint density at radius 3 is 2.67 bits per heavy atom. The molecule has 1 aromatic carbocycles. The molecular formula is C13H13ClFNO2. The highest BCUT2D eigenvalue weighted by molar-refractivity contribution is 6.31. The zero-order valence-corrected chi connectivity index (χ0v) is 10.5. The molecule has 1 amide bonds. The van der Waals surface area contributed by atoms with Crippen molar-refractivity contribution in [2.45, 2.75) is 31.7 Å². The van der Waals surface area contributed by atoms with Gasteiger partial charge in [0, 0.05) is 23.9 Å². The largest absolute Gasteiger partial charge is 0.349 e. The topological polar surface area (TPSA) is 46.2 Å². The summed E-state index contributed by atoms with van der Waals surface area (Å²) in [6, 6.07) is 3.81. The summed E-state index contributed by atoms with van der Waals surface area (Å²) < 4.78 is 13.5. The van der Waals surface area contributed by atoms with Crippen molar-refractivity contribution in [1.82, 2.24) is 5.32 Å². The van der Waals surface area contributed by atoms with Crippen LogP contribution in [0.1, 0.15) is 36.0 Å². The maximum Gasteiger partial charge on any atom is 0.254 e. The average molecular weight is 270 g/mol. The van der Waals surface area contributed by atoms with Crippen LogP contribution in [0.5, 0.6) is 0 Å². The van der Waals surface area contributed by atoms with E-state index in [4.69, 9.17) is 11.6 Å². The van der Waals surface area contributed by atoms with Crippen molar-refractivity contribution in [2.24, 2.45) is 0 Å². The summed E-state index contributed by atoms with van der Waals surface area (Å²) in [6.07, 6.45) is 2.19. The Bertz CT molecular complexity index is 480. The zero-order chi connectivity index (χ0) is 13.1. The fourth-order valence-electron chi connectivity index (χ4n) is 2.02. The van der Waals surface area contributed by atoms with Gasteiger partial charge in [-0.15, -0.1) is 0 Å². The molecule has 1 saturated carbocycles. The second-order valence-electron chi connectivity index (χ2n) is 4.41. The molecule has 18 heavy (non-hydrogen) atoms. The maximum absolute atomic E-state index is 13.5. The molecule has 5 heteroatoms. The van der Waals surface area contributed by atoms with Crippen molar-refractivity contribution in [3.05, 3.63) is 34.6 Å². The molecule has 0 aromatic heterocycles. The lowest BCUT2D eigenvalue weighted by atomic mass is 9.94. The number of amides is 1. The van der Waals surface area contributed by atoms with Gasteiger partial charge in [-0.3, -0.25) is 9.59 Å². The molecule has 0 radical (unpaired) electrons. The number of halogens is 2. The molecule has 1 aliphatic rings. The average Bonchev–Trinajstić information content (AvgIpc) is 2.35. The van der Waals surface area contributed by atoms with Gasteiger partial charge in [0.05, 0.1) is 5.56 Å². The molecule has 0 unspecified atom stereocenters. The Kier molecular flexibility index (Phi) is 3.97. The monoisotopic (exact) mass is 269 g/mol. The van der Waals surface area contributed by atoms with Gasteiger partial charge in [-0.2, -0.15) is 0 Å². The third-order valence-corrected chi connectivity index (χ3v) is 3.29. The lowest BCUT2D eigenvalue weighted by Gasteiger charge is -2.22. The van der Waals surface area contributed by atoms with Crippen LogP contribution in [0.15, 0.2) is 18.2 Å². The molecule has 96 valence electrons. The number of rotatable bonds is 2. The zero-order valence-electron chi connectivity index (χ0n) is 9.71. The van der Waals surface area contributed by atoms with Crippen LogP contribution >= 0.6 is 11.6 Å². The highest BCUT2D eigenvalue weighted by atomic mass is 35.5. The molecule has 0 aliphatic heterocycles. The minimum Gasteiger partial charge on any atom is -0.349 e. The molecule has 0 spiro atoms. The number of carbonyl (C=O) groups excluding carboxylic acids is 2. The Balaban J connectivity index is 2.03. The van der Waals surface area contributed by atoms with Gasteiger partial charge in [-0.25, -0.2) is 4.39 Å². The van der Waals surface area contributed by atoms with Gasteiger partial charge in [0.2, 0.25) is 0 Å². The molecule has 0 bridgehead atoms. The molecule has 2 rings (SSSR count). The molecule has 1 aromatic rings. The normalized spacial score (nSPS) is 16.7. The van der Waals surface area contributed by atoms with Crippen LogP contribution < -0.4 is 5.32 Å². The first-order valence-electron chi connectivity index (χ1n) is 5.84. The third kappa shape index (κ3) is 3.07. The minimum atomic E-state index is -0.594. The van der Waals surface area contributed by atoms with Crippen molar-refractivity contribution in [2.75, 3.05) is 0 Å². The highest BCUT2D eigenvalue weighted by Crippen LogP contribution is 2.18. The van der Waals surface area contributed by atoms with E-state index in [1.165, 1.54) is 18.2 Å². The van der Waals surface area contributed by atoms with E-state index in [0.29, 0.717) is 30.7 Å². The van der Waals surface area contributed by atoms with Crippen molar-refractivity contribution < 1.29 is 14.0 Å². The van der Waals surface area contributed by atoms with Crippen LogP contribution in [0.4, 0.5) is 4.39 Å². The van der Waals surface area contributed by atoms with Gasteiger partial charge in [0.1, 0.15) is 11.6 Å². The minimum absolute atomic E-state index is 0.0561. The third-order valence-electron chi connectivity index (χ3n) is 3.05. The first-order valence-corrected chi connectivity index (χ1v) is 6.21. The molecule has 1 aliphatic carbocycles. The number of hydrogen-bond donors (Lipinski definition) is 1. The number of hydrogen-bond acceptors (Lipinski definition) is 2. The lowest BCUT2D eigenvalue weighted by Crippen LogP contribution is -2.38. The SMILES string of the molecule is O=C1CCC(NC(=O)c2cc(Cl)ccc2F)CC1. The summed E-state index contributed by atoms with van der Waals surface area (Å²) in [5.74, 6) is -0.854. The maximum atomic E-state index is 13.5. The van der Waals surface area contributed by atoms with E-state index in [9.17, 15) is 14.0 Å². The number of benzene rings is 1. The summed E-state index contributed by atoms with van der Waals surface area (Å²) in [5.41, 5.74) is -0.0561. The fraction of sp³-hybridized carbons (Fsp3) is 0.385. The van der Waals surface area contributed by atoms with Crippen LogP contribution in [0.25, 0.3) is 0 Å². The van der Waals surface area contributed by atoms with E-state index in [0.717, 1.165) is 0 Å². The smallest absolute Gasteiger partial charge is 0.254 e. The summed E-state index contributed by atoms with van der Waals surface area (Å²) in [5, 5.41) is 3.05. The number of Topliss-reactive ketones (excluding diaryl/α,β-unsaturated/α-hetero) is 1. The standard InChI is InChI=1S/C13H13ClFNO2/c14-8-1-6-12(15)11(7-8)13(18)16-9-2-4-10(17)5-3-9/h1,6-7,9H,2-5H2,(H,16,18). The van der Waals surface area contributed by atoms with Gasteiger partial charge in [-0.05, 0) is 31.0 Å². The molecule has 0 heterocycles. The van der Waals surface area contributed by atoms with E-state index in [1.807, 2.05) is 0 Å². The van der Waals surface area contributed by atoms with Crippen molar-refractivity contribution >= 4 is 23.3 Å². The molecule has 3 nitrogen and oxygen atoms in total. The molecule has 0 atom stereocenters. The Labute approximate surface area is 109 Å². The Morgan fingerprint density at radius 2 is 2.00 bits per heavy atom. The Hall–Kier alpha value is -1.42. The summed E-state index contributed by atoms with van der Waals surface area (Å²) >= 11 is 5.73. The second-order valence-corrected chi connectivity index (χ2v) is 4.85. The van der Waals surface area contributed by atoms with Crippen LogP contribution in [0.2, 0.25) is 5.02 Å². The van der Waals surface area contributed by atoms with E-state index in [-0.39, 0.29) is 17.4 Å². The summed E-state index contributed by atoms with van der Waals surface area (Å²) in [6.45, 7) is 0. The van der Waals surface area contributed by atoms with Crippen LogP contribution in [0.3, 0.4) is 0 Å². The summed E-state index contributed by atoms with van der Waals surface area (Å²) in [4.78, 5) is 22.9. The van der Waals surface area contributed by atoms with Crippen molar-refractivity contribution in [1.29, 1.82) is 0 Å². The van der Waals surface area contributed by atoms with Crippen LogP contribution in [0, 0.1) is 5.82 Å². The van der Waals surface area contributed by atoms with Gasteiger partial charge in [0.15, 0.2) is 0 Å². The van der Waals surface area contributed by atoms with E-state index >= 15 is 0 Å². The second kappa shape index (κ2) is 5.48. The van der Waals surface area contributed by atoms with Gasteiger partial charge < -0.3 is 5.32 Å².